The Bertz CT molecular complexity index is 1260. The monoisotopic (exact) mass is 457 g/mol. The second-order valence-electron chi connectivity index (χ2n) is 7.44. The van der Waals surface area contributed by atoms with Gasteiger partial charge < -0.3 is 4.42 Å². The molecule has 0 bridgehead atoms. The Kier molecular flexibility index (Phi) is 7.00. The molecule has 0 spiro atoms. The Morgan fingerprint density at radius 2 is 1.75 bits per heavy atom. The van der Waals surface area contributed by atoms with Gasteiger partial charge in [0.25, 0.3) is 5.91 Å². The van der Waals surface area contributed by atoms with Gasteiger partial charge in [-0.3, -0.25) is 20.4 Å². The number of amides is 2. The molecule has 2 N–H and O–H groups in total. The fourth-order valence-electron chi connectivity index (χ4n) is 3.45. The summed E-state index contributed by atoms with van der Waals surface area (Å²) in [4.78, 5) is 24.9. The van der Waals surface area contributed by atoms with Gasteiger partial charge in [-0.1, -0.05) is 32.0 Å². The molecule has 0 fully saturated rings. The maximum Gasteiger partial charge on any atom is 0.269 e. The van der Waals surface area contributed by atoms with Crippen LogP contribution in [0.4, 0.5) is 0 Å². The van der Waals surface area contributed by atoms with Crippen LogP contribution in [0.15, 0.2) is 52.0 Å². The number of hydrazine groups is 1. The number of hydrogen-bond acceptors (Lipinski definition) is 5. The zero-order valence-corrected chi connectivity index (χ0v) is 19.4. The third-order valence-electron chi connectivity index (χ3n) is 5.45. The van der Waals surface area contributed by atoms with E-state index in [0.29, 0.717) is 18.7 Å². The van der Waals surface area contributed by atoms with E-state index < -0.39 is 21.8 Å². The van der Waals surface area contributed by atoms with Crippen LogP contribution >= 0.6 is 0 Å². The molecule has 2 amide bonds. The molecule has 32 heavy (non-hydrogen) atoms. The van der Waals surface area contributed by atoms with Gasteiger partial charge in [-0.25, -0.2) is 8.42 Å². The Morgan fingerprint density at radius 1 is 1.03 bits per heavy atom. The lowest BCUT2D eigenvalue weighted by molar-refractivity contribution is -0.121. The normalized spacial score (nSPS) is 11.7. The van der Waals surface area contributed by atoms with Crippen molar-refractivity contribution in [2.75, 3.05) is 13.1 Å². The van der Waals surface area contributed by atoms with E-state index in [4.69, 9.17) is 4.42 Å². The number of carbonyl (C=O) groups excluding carboxylic acids is 2. The Hall–Kier alpha value is -3.17. The first-order valence-corrected chi connectivity index (χ1v) is 11.8. The van der Waals surface area contributed by atoms with Crippen molar-refractivity contribution in [3.05, 3.63) is 64.9 Å². The molecule has 0 unspecified atom stereocenters. The van der Waals surface area contributed by atoms with Crippen LogP contribution in [0.1, 0.15) is 40.9 Å². The zero-order chi connectivity index (χ0) is 23.5. The summed E-state index contributed by atoms with van der Waals surface area (Å²) in [5.74, 6) is -1.04. The molecule has 0 aliphatic carbocycles. The molecular weight excluding hydrogens is 430 g/mol. The first kappa shape index (κ1) is 23.5. The number of sulfonamides is 1. The number of furan rings is 1. The Balaban J connectivity index is 1.67. The SMILES string of the molecule is CCN(CC)S(=O)(=O)c1cccc(C(=O)NNC(=O)Cc2coc3c(C)c(C)ccc23)c1. The van der Waals surface area contributed by atoms with Crippen molar-refractivity contribution < 1.29 is 22.4 Å². The summed E-state index contributed by atoms with van der Waals surface area (Å²) in [6.07, 6.45) is 1.56. The van der Waals surface area contributed by atoms with Crippen molar-refractivity contribution in [2.24, 2.45) is 0 Å². The van der Waals surface area contributed by atoms with E-state index in [1.54, 1.807) is 20.1 Å². The predicted octanol–water partition coefficient (Wildman–Crippen LogP) is 3.08. The molecule has 0 aliphatic rings. The lowest BCUT2D eigenvalue weighted by atomic mass is 10.0. The first-order chi connectivity index (χ1) is 15.2. The van der Waals surface area contributed by atoms with Gasteiger partial charge in [0.1, 0.15) is 5.58 Å². The van der Waals surface area contributed by atoms with Crippen LogP contribution in [0.2, 0.25) is 0 Å². The van der Waals surface area contributed by atoms with Crippen molar-refractivity contribution in [2.45, 2.75) is 39.0 Å². The standard InChI is InChI=1S/C23H27N3O5S/c1-5-26(6-2)32(29,30)19-9-7-8-17(12-19)23(28)25-24-21(27)13-18-14-31-22-16(4)15(3)10-11-20(18)22/h7-12,14H,5-6,13H2,1-4H3,(H,24,27)(H,25,28). The maximum atomic E-state index is 12.7. The van der Waals surface area contributed by atoms with Crippen LogP contribution in [-0.2, 0) is 21.2 Å². The summed E-state index contributed by atoms with van der Waals surface area (Å²) in [7, 11) is -3.69. The summed E-state index contributed by atoms with van der Waals surface area (Å²) in [6.45, 7) is 8.10. The highest BCUT2D eigenvalue weighted by Crippen LogP contribution is 2.26. The molecule has 1 heterocycles. The molecule has 0 aliphatic heterocycles. The summed E-state index contributed by atoms with van der Waals surface area (Å²) in [5, 5.41) is 0.851. The van der Waals surface area contributed by atoms with Gasteiger partial charge in [0.2, 0.25) is 15.9 Å². The van der Waals surface area contributed by atoms with Gasteiger partial charge >= 0.3 is 0 Å². The van der Waals surface area contributed by atoms with E-state index in [1.165, 1.54) is 28.6 Å². The first-order valence-electron chi connectivity index (χ1n) is 10.3. The third-order valence-corrected chi connectivity index (χ3v) is 7.49. The van der Waals surface area contributed by atoms with E-state index in [9.17, 15) is 18.0 Å². The van der Waals surface area contributed by atoms with Crippen LogP contribution in [-0.4, -0.2) is 37.6 Å². The molecular formula is C23H27N3O5S. The average molecular weight is 458 g/mol. The topological polar surface area (TPSA) is 109 Å². The number of carbonyl (C=O) groups is 2. The van der Waals surface area contributed by atoms with Gasteiger partial charge in [-0.15, -0.1) is 0 Å². The van der Waals surface area contributed by atoms with Gasteiger partial charge in [0, 0.05) is 29.6 Å². The molecule has 0 saturated carbocycles. The molecule has 170 valence electrons. The van der Waals surface area contributed by atoms with Crippen molar-refractivity contribution in [3.8, 4) is 0 Å². The van der Waals surface area contributed by atoms with Crippen LogP contribution in [0.5, 0.6) is 0 Å². The Labute approximate surface area is 187 Å². The number of hydrogen-bond donors (Lipinski definition) is 2. The second kappa shape index (κ2) is 9.54. The van der Waals surface area contributed by atoms with E-state index >= 15 is 0 Å². The summed E-state index contributed by atoms with van der Waals surface area (Å²) in [6, 6.07) is 9.59. The zero-order valence-electron chi connectivity index (χ0n) is 18.6. The molecule has 3 aromatic rings. The molecule has 1 aromatic heterocycles. The molecule has 9 heteroatoms. The lowest BCUT2D eigenvalue weighted by Gasteiger charge is -2.18. The van der Waals surface area contributed by atoms with Crippen molar-refractivity contribution in [1.29, 1.82) is 0 Å². The summed E-state index contributed by atoms with van der Waals surface area (Å²) >= 11 is 0. The van der Waals surface area contributed by atoms with Gasteiger partial charge in [0.15, 0.2) is 0 Å². The number of aryl methyl sites for hydroxylation is 2. The highest BCUT2D eigenvalue weighted by atomic mass is 32.2. The molecule has 0 radical (unpaired) electrons. The quantitative estimate of drug-likeness (QED) is 0.530. The highest BCUT2D eigenvalue weighted by Gasteiger charge is 2.22. The molecule has 0 atom stereocenters. The number of nitrogens with zero attached hydrogens (tertiary/aromatic N) is 1. The number of fused-ring (bicyclic) bond motifs is 1. The van der Waals surface area contributed by atoms with Gasteiger partial charge in [-0.2, -0.15) is 4.31 Å². The van der Waals surface area contributed by atoms with Crippen molar-refractivity contribution in [1.82, 2.24) is 15.2 Å². The third kappa shape index (κ3) is 4.68. The Morgan fingerprint density at radius 3 is 2.44 bits per heavy atom. The molecule has 2 aromatic carbocycles. The average Bonchev–Trinajstić information content (AvgIpc) is 3.18. The fourth-order valence-corrected chi connectivity index (χ4v) is 4.96. The second-order valence-corrected chi connectivity index (χ2v) is 9.38. The minimum Gasteiger partial charge on any atom is -0.464 e. The number of nitrogens with one attached hydrogen (secondary N) is 2. The van der Waals surface area contributed by atoms with Crippen LogP contribution in [0.25, 0.3) is 11.0 Å². The summed E-state index contributed by atoms with van der Waals surface area (Å²) < 4.78 is 32.3. The van der Waals surface area contributed by atoms with Crippen LogP contribution in [0, 0.1) is 13.8 Å². The van der Waals surface area contributed by atoms with Crippen molar-refractivity contribution in [3.63, 3.8) is 0 Å². The maximum absolute atomic E-state index is 12.7. The van der Waals surface area contributed by atoms with Crippen molar-refractivity contribution >= 4 is 32.8 Å². The predicted molar refractivity (Wildman–Crippen MR) is 122 cm³/mol. The largest absolute Gasteiger partial charge is 0.464 e. The lowest BCUT2D eigenvalue weighted by Crippen LogP contribution is -2.42. The molecule has 8 nitrogen and oxygen atoms in total. The van der Waals surface area contributed by atoms with E-state index in [0.717, 1.165) is 22.1 Å². The summed E-state index contributed by atoms with van der Waals surface area (Å²) in [5.41, 5.74) is 8.40. The van der Waals surface area contributed by atoms with E-state index in [-0.39, 0.29) is 16.9 Å². The minimum atomic E-state index is -3.69. The molecule has 3 rings (SSSR count). The number of rotatable bonds is 7. The van der Waals surface area contributed by atoms with Crippen LogP contribution < -0.4 is 10.9 Å². The fraction of sp³-hybridized carbons (Fsp3) is 0.304. The van der Waals surface area contributed by atoms with Gasteiger partial charge in [-0.05, 0) is 43.2 Å². The van der Waals surface area contributed by atoms with Gasteiger partial charge in [0.05, 0.1) is 17.6 Å². The molecule has 0 saturated heterocycles. The van der Waals surface area contributed by atoms with E-state index in [1.807, 2.05) is 26.0 Å². The number of benzene rings is 2. The highest BCUT2D eigenvalue weighted by molar-refractivity contribution is 7.89. The minimum absolute atomic E-state index is 0.0200. The van der Waals surface area contributed by atoms with E-state index in [2.05, 4.69) is 10.9 Å². The van der Waals surface area contributed by atoms with Crippen LogP contribution in [0.3, 0.4) is 0 Å². The smallest absolute Gasteiger partial charge is 0.269 e.